The Morgan fingerprint density at radius 3 is 2.58 bits per heavy atom. The Morgan fingerprint density at radius 1 is 1.23 bits per heavy atom. The number of thiophene rings is 1. The van der Waals surface area contributed by atoms with Crippen molar-refractivity contribution in [3.63, 3.8) is 0 Å². The molecule has 0 saturated carbocycles. The Balaban J connectivity index is 1.85. The van der Waals surface area contributed by atoms with E-state index >= 15 is 0 Å². The molecule has 0 aliphatic carbocycles. The van der Waals surface area contributed by atoms with Crippen molar-refractivity contribution in [2.24, 2.45) is 0 Å². The highest BCUT2D eigenvalue weighted by molar-refractivity contribution is 7.20. The number of amides is 1. The van der Waals surface area contributed by atoms with Gasteiger partial charge in [-0.05, 0) is 18.1 Å². The van der Waals surface area contributed by atoms with Crippen LogP contribution in [0.15, 0.2) is 30.3 Å². The standard InChI is InChI=1S/C19H22N2O4S/c1-13-16(19(23)24-2)18(26-17(13)14-6-4-3-5-7-14)20-15(22)12-21-8-10-25-11-9-21/h3-7H,8-12H2,1-2H3,(H,20,22). The molecule has 1 aromatic carbocycles. The number of hydrogen-bond donors (Lipinski definition) is 1. The fraction of sp³-hybridized carbons (Fsp3) is 0.368. The van der Waals surface area contributed by atoms with Crippen LogP contribution in [0.4, 0.5) is 5.00 Å². The van der Waals surface area contributed by atoms with E-state index in [1.165, 1.54) is 18.4 Å². The molecule has 0 atom stereocenters. The minimum Gasteiger partial charge on any atom is -0.465 e. The molecule has 1 amide bonds. The van der Waals surface area contributed by atoms with Gasteiger partial charge in [0.25, 0.3) is 0 Å². The van der Waals surface area contributed by atoms with Crippen LogP contribution in [0, 0.1) is 6.92 Å². The lowest BCUT2D eigenvalue weighted by Crippen LogP contribution is -2.41. The van der Waals surface area contributed by atoms with E-state index in [4.69, 9.17) is 9.47 Å². The fourth-order valence-electron chi connectivity index (χ4n) is 2.94. The zero-order valence-corrected chi connectivity index (χ0v) is 15.7. The molecule has 3 rings (SSSR count). The molecule has 1 aliphatic rings. The highest BCUT2D eigenvalue weighted by atomic mass is 32.1. The zero-order chi connectivity index (χ0) is 18.5. The number of carbonyl (C=O) groups excluding carboxylic acids is 2. The molecule has 6 nitrogen and oxygen atoms in total. The van der Waals surface area contributed by atoms with Crippen LogP contribution in [0.5, 0.6) is 0 Å². The Labute approximate surface area is 156 Å². The second-order valence-corrected chi connectivity index (χ2v) is 7.08. The number of hydrogen-bond acceptors (Lipinski definition) is 6. The lowest BCUT2D eigenvalue weighted by molar-refractivity contribution is -0.118. The summed E-state index contributed by atoms with van der Waals surface area (Å²) >= 11 is 1.40. The Morgan fingerprint density at radius 2 is 1.92 bits per heavy atom. The summed E-state index contributed by atoms with van der Waals surface area (Å²) in [6, 6.07) is 9.81. The van der Waals surface area contributed by atoms with E-state index in [-0.39, 0.29) is 12.5 Å². The molecule has 2 aromatic rings. The first-order chi connectivity index (χ1) is 12.6. The van der Waals surface area contributed by atoms with Crippen LogP contribution in [-0.2, 0) is 14.3 Å². The molecule has 0 radical (unpaired) electrons. The van der Waals surface area contributed by atoms with Crippen LogP contribution in [0.25, 0.3) is 10.4 Å². The van der Waals surface area contributed by atoms with Gasteiger partial charge in [0.15, 0.2) is 0 Å². The highest BCUT2D eigenvalue weighted by Gasteiger charge is 2.24. The minimum atomic E-state index is -0.442. The monoisotopic (exact) mass is 374 g/mol. The van der Waals surface area contributed by atoms with Gasteiger partial charge in [0.2, 0.25) is 5.91 Å². The van der Waals surface area contributed by atoms with Crippen LogP contribution in [0.2, 0.25) is 0 Å². The molecular formula is C19H22N2O4S. The van der Waals surface area contributed by atoms with Crippen molar-refractivity contribution < 1.29 is 19.1 Å². The van der Waals surface area contributed by atoms with E-state index in [0.717, 1.165) is 29.1 Å². The average Bonchev–Trinajstić information content (AvgIpc) is 2.98. The third-order valence-corrected chi connectivity index (χ3v) is 5.55. The summed E-state index contributed by atoms with van der Waals surface area (Å²) < 4.78 is 10.2. The second kappa shape index (κ2) is 8.44. The van der Waals surface area contributed by atoms with Gasteiger partial charge in [-0.1, -0.05) is 30.3 Å². The van der Waals surface area contributed by atoms with E-state index in [1.54, 1.807) is 0 Å². The molecule has 1 saturated heterocycles. The normalized spacial score (nSPS) is 14.8. The number of nitrogens with one attached hydrogen (secondary N) is 1. The number of benzene rings is 1. The van der Waals surface area contributed by atoms with Gasteiger partial charge >= 0.3 is 5.97 Å². The number of anilines is 1. The van der Waals surface area contributed by atoms with Gasteiger partial charge < -0.3 is 14.8 Å². The van der Waals surface area contributed by atoms with E-state index in [2.05, 4.69) is 5.32 Å². The molecule has 0 bridgehead atoms. The molecule has 1 aliphatic heterocycles. The molecular weight excluding hydrogens is 352 g/mol. The maximum atomic E-state index is 12.5. The van der Waals surface area contributed by atoms with Crippen LogP contribution in [0.3, 0.4) is 0 Å². The molecule has 1 N–H and O–H groups in total. The quantitative estimate of drug-likeness (QED) is 0.815. The number of carbonyl (C=O) groups is 2. The SMILES string of the molecule is COC(=O)c1c(NC(=O)CN2CCOCC2)sc(-c2ccccc2)c1C. The van der Waals surface area contributed by atoms with Crippen LogP contribution in [0.1, 0.15) is 15.9 Å². The molecule has 2 heterocycles. The first-order valence-corrected chi connectivity index (χ1v) is 9.29. The molecule has 26 heavy (non-hydrogen) atoms. The van der Waals surface area contributed by atoms with E-state index in [0.29, 0.717) is 23.8 Å². The lowest BCUT2D eigenvalue weighted by atomic mass is 10.1. The molecule has 0 spiro atoms. The van der Waals surface area contributed by atoms with Crippen LogP contribution in [-0.4, -0.2) is 56.7 Å². The predicted octanol–water partition coefficient (Wildman–Crippen LogP) is 2.78. The summed E-state index contributed by atoms with van der Waals surface area (Å²) in [6.07, 6.45) is 0. The highest BCUT2D eigenvalue weighted by Crippen LogP contribution is 2.40. The van der Waals surface area contributed by atoms with Gasteiger partial charge in [-0.15, -0.1) is 11.3 Å². The van der Waals surface area contributed by atoms with Gasteiger partial charge in [0, 0.05) is 18.0 Å². The summed E-state index contributed by atoms with van der Waals surface area (Å²) in [6.45, 7) is 4.89. The molecule has 1 aromatic heterocycles. The van der Waals surface area contributed by atoms with Crippen molar-refractivity contribution in [1.29, 1.82) is 0 Å². The number of nitrogens with zero attached hydrogens (tertiary/aromatic N) is 1. The van der Waals surface area contributed by atoms with Crippen molar-refractivity contribution in [1.82, 2.24) is 4.90 Å². The smallest absolute Gasteiger partial charge is 0.341 e. The number of morpholine rings is 1. The van der Waals surface area contributed by atoms with Crippen molar-refractivity contribution >= 4 is 28.2 Å². The van der Waals surface area contributed by atoms with Gasteiger partial charge in [0.05, 0.1) is 32.4 Å². The molecule has 1 fully saturated rings. The Kier molecular flexibility index (Phi) is 6.03. The zero-order valence-electron chi connectivity index (χ0n) is 14.9. The average molecular weight is 374 g/mol. The summed E-state index contributed by atoms with van der Waals surface area (Å²) in [7, 11) is 1.35. The molecule has 0 unspecified atom stereocenters. The van der Waals surface area contributed by atoms with Crippen molar-refractivity contribution in [3.05, 3.63) is 41.5 Å². The lowest BCUT2D eigenvalue weighted by Gasteiger charge is -2.25. The van der Waals surface area contributed by atoms with E-state index in [9.17, 15) is 9.59 Å². The van der Waals surface area contributed by atoms with Crippen molar-refractivity contribution in [2.45, 2.75) is 6.92 Å². The maximum absolute atomic E-state index is 12.5. The first-order valence-electron chi connectivity index (χ1n) is 8.47. The Bertz CT molecular complexity index is 782. The molecule has 7 heteroatoms. The number of rotatable bonds is 5. The van der Waals surface area contributed by atoms with E-state index in [1.807, 2.05) is 42.2 Å². The maximum Gasteiger partial charge on any atom is 0.341 e. The van der Waals surface area contributed by atoms with Gasteiger partial charge in [-0.25, -0.2) is 4.79 Å². The van der Waals surface area contributed by atoms with Gasteiger partial charge in [0.1, 0.15) is 5.00 Å². The van der Waals surface area contributed by atoms with Gasteiger partial charge in [-0.2, -0.15) is 0 Å². The van der Waals surface area contributed by atoms with E-state index < -0.39 is 5.97 Å². The Hall–Kier alpha value is -2.22. The van der Waals surface area contributed by atoms with Crippen LogP contribution < -0.4 is 5.32 Å². The summed E-state index contributed by atoms with van der Waals surface area (Å²) in [5, 5.41) is 3.43. The topological polar surface area (TPSA) is 67.9 Å². The summed E-state index contributed by atoms with van der Waals surface area (Å²) in [5.41, 5.74) is 2.25. The van der Waals surface area contributed by atoms with Gasteiger partial charge in [-0.3, -0.25) is 9.69 Å². The number of esters is 1. The summed E-state index contributed by atoms with van der Waals surface area (Å²) in [4.78, 5) is 27.7. The minimum absolute atomic E-state index is 0.141. The summed E-state index contributed by atoms with van der Waals surface area (Å²) in [5.74, 6) is -0.583. The third kappa shape index (κ3) is 4.12. The molecule has 138 valence electrons. The first kappa shape index (κ1) is 18.6. The third-order valence-electron chi connectivity index (χ3n) is 4.30. The van der Waals surface area contributed by atoms with Crippen molar-refractivity contribution in [3.8, 4) is 10.4 Å². The second-order valence-electron chi connectivity index (χ2n) is 6.05. The number of methoxy groups -OCH3 is 1. The number of ether oxygens (including phenoxy) is 2. The predicted molar refractivity (Wildman–Crippen MR) is 102 cm³/mol. The van der Waals surface area contributed by atoms with Crippen LogP contribution >= 0.6 is 11.3 Å². The largest absolute Gasteiger partial charge is 0.465 e. The van der Waals surface area contributed by atoms with Crippen molar-refractivity contribution in [2.75, 3.05) is 45.3 Å². The fourth-order valence-corrected chi connectivity index (χ4v) is 4.16.